The van der Waals surface area contributed by atoms with Gasteiger partial charge in [-0.25, -0.2) is 9.37 Å². The van der Waals surface area contributed by atoms with Crippen LogP contribution in [-0.4, -0.2) is 39.5 Å². The monoisotopic (exact) mass is 589 g/mol. The van der Waals surface area contributed by atoms with Crippen molar-refractivity contribution in [2.75, 3.05) is 6.61 Å². The molecular weight excluding hydrogens is 561 g/mol. The highest BCUT2D eigenvalue weighted by molar-refractivity contribution is 6.31. The van der Waals surface area contributed by atoms with Crippen LogP contribution >= 0.6 is 11.6 Å². The Morgan fingerprint density at radius 2 is 2.02 bits per heavy atom. The number of carbonyl (C=O) groups excluding carboxylic acids is 2. The molecule has 4 aromatic rings. The molecule has 2 atom stereocenters. The van der Waals surface area contributed by atoms with Gasteiger partial charge in [0.05, 0.1) is 16.8 Å². The number of rotatable bonds is 9. The van der Waals surface area contributed by atoms with E-state index in [1.165, 1.54) is 18.2 Å². The molecule has 1 aliphatic carbocycles. The molecule has 10 heteroatoms. The molecule has 3 heterocycles. The zero-order chi connectivity index (χ0) is 29.8. The van der Waals surface area contributed by atoms with E-state index >= 15 is 0 Å². The van der Waals surface area contributed by atoms with Crippen LogP contribution in [0.1, 0.15) is 61.1 Å². The molecule has 6 rings (SSSR count). The Morgan fingerprint density at radius 1 is 1.24 bits per heavy atom. The minimum absolute atomic E-state index is 0.00169. The third kappa shape index (κ3) is 5.07. The predicted molar refractivity (Wildman–Crippen MR) is 155 cm³/mol. The lowest BCUT2D eigenvalue weighted by atomic mass is 9.81. The minimum atomic E-state index is -1.59. The van der Waals surface area contributed by atoms with Crippen LogP contribution in [0.15, 0.2) is 54.7 Å². The lowest BCUT2D eigenvalue weighted by Crippen LogP contribution is -2.40. The van der Waals surface area contributed by atoms with E-state index < -0.39 is 22.7 Å². The molecule has 0 unspecified atom stereocenters. The van der Waals surface area contributed by atoms with E-state index in [9.17, 15) is 19.1 Å². The van der Waals surface area contributed by atoms with Gasteiger partial charge >= 0.3 is 0 Å². The van der Waals surface area contributed by atoms with E-state index in [-0.39, 0.29) is 47.7 Å². The number of nitrogens with zero attached hydrogens (tertiary/aromatic N) is 2. The van der Waals surface area contributed by atoms with E-state index in [4.69, 9.17) is 26.8 Å². The molecule has 0 saturated heterocycles. The van der Waals surface area contributed by atoms with Gasteiger partial charge in [-0.2, -0.15) is 0 Å². The van der Waals surface area contributed by atoms with E-state index in [0.717, 1.165) is 18.2 Å². The normalized spacial score (nSPS) is 19.2. The van der Waals surface area contributed by atoms with Gasteiger partial charge in [0.25, 0.3) is 0 Å². The number of pyridine rings is 2. The lowest BCUT2D eigenvalue weighted by molar-refractivity contribution is -0.123. The van der Waals surface area contributed by atoms with Crippen molar-refractivity contribution in [2.24, 2.45) is 5.73 Å². The van der Waals surface area contributed by atoms with Crippen molar-refractivity contribution in [3.05, 3.63) is 82.4 Å². The Labute approximate surface area is 246 Å². The van der Waals surface area contributed by atoms with Crippen LogP contribution in [0, 0.1) is 5.82 Å². The number of nitrogens with two attached hydrogens (primary N) is 1. The second kappa shape index (κ2) is 10.3. The summed E-state index contributed by atoms with van der Waals surface area (Å²) in [5.41, 5.74) is 5.52. The maximum atomic E-state index is 14.0. The molecule has 2 aliphatic rings. The molecule has 2 aromatic carbocycles. The maximum absolute atomic E-state index is 14.0. The van der Waals surface area contributed by atoms with Crippen LogP contribution in [0.3, 0.4) is 0 Å². The highest BCUT2D eigenvalue weighted by Gasteiger charge is 2.45. The fourth-order valence-corrected chi connectivity index (χ4v) is 5.29. The predicted octanol–water partition coefficient (Wildman–Crippen LogP) is 5.64. The maximum Gasteiger partial charge on any atom is 0.231 e. The topological polar surface area (TPSA) is 125 Å². The van der Waals surface area contributed by atoms with Gasteiger partial charge in [0.1, 0.15) is 46.1 Å². The summed E-state index contributed by atoms with van der Waals surface area (Å²) >= 11 is 6.05. The molecule has 0 bridgehead atoms. The standard InChI is InChI=1S/C32H29ClFN3O5/c1-31(30(35)39)16-41-29-21(31)15-26(37-28(29)18-5-8-23(34)22(33)13-18)32(2,40)10-9-24(38)19-12-17-4-3-11-36-27(17)25(14-19)42-20-6-7-20/h3-5,8,11-15,20,40H,6-7,9-10,16H2,1-2H3,(H2,35,39)/t31-,32-/m0/s1. The van der Waals surface area contributed by atoms with Gasteiger partial charge in [-0.15, -0.1) is 0 Å². The smallest absolute Gasteiger partial charge is 0.231 e. The summed E-state index contributed by atoms with van der Waals surface area (Å²) in [6, 6.07) is 12.9. The number of hydrogen-bond acceptors (Lipinski definition) is 7. The van der Waals surface area contributed by atoms with Crippen LogP contribution in [-0.2, 0) is 15.8 Å². The van der Waals surface area contributed by atoms with Crippen LogP contribution in [0.25, 0.3) is 22.2 Å². The third-order valence-electron chi connectivity index (χ3n) is 8.01. The molecule has 0 spiro atoms. The molecule has 1 fully saturated rings. The first kappa shape index (κ1) is 28.1. The van der Waals surface area contributed by atoms with E-state index in [1.54, 1.807) is 44.3 Å². The number of aromatic nitrogens is 2. The summed E-state index contributed by atoms with van der Waals surface area (Å²) in [6.07, 6.45) is 3.78. The van der Waals surface area contributed by atoms with Crippen LogP contribution in [0.4, 0.5) is 4.39 Å². The highest BCUT2D eigenvalue weighted by Crippen LogP contribution is 2.46. The number of Topliss-reactive ketones (excluding diaryl/α,β-unsaturated/α-hetero) is 1. The minimum Gasteiger partial charge on any atom is -0.489 e. The van der Waals surface area contributed by atoms with Crippen molar-refractivity contribution in [2.45, 2.75) is 56.7 Å². The number of benzene rings is 2. The summed E-state index contributed by atoms with van der Waals surface area (Å²) in [4.78, 5) is 35.0. The molecule has 1 amide bonds. The van der Waals surface area contributed by atoms with E-state index in [2.05, 4.69) is 9.97 Å². The molecule has 0 radical (unpaired) electrons. The average Bonchev–Trinajstić information content (AvgIpc) is 3.72. The number of amides is 1. The fraction of sp³-hybridized carbons (Fsp3) is 0.312. The fourth-order valence-electron chi connectivity index (χ4n) is 5.11. The van der Waals surface area contributed by atoms with Crippen molar-refractivity contribution in [3.63, 3.8) is 0 Å². The molecule has 8 nitrogen and oxygen atoms in total. The van der Waals surface area contributed by atoms with Gasteiger partial charge in [-0.1, -0.05) is 17.7 Å². The Morgan fingerprint density at radius 3 is 2.74 bits per heavy atom. The number of halogens is 2. The Bertz CT molecular complexity index is 1760. The average molecular weight is 590 g/mol. The first-order chi connectivity index (χ1) is 20.0. The first-order valence-electron chi connectivity index (χ1n) is 13.7. The Kier molecular flexibility index (Phi) is 6.90. The second-order valence-electron chi connectivity index (χ2n) is 11.4. The SMILES string of the molecule is C[C@](O)(CCC(=O)c1cc(OC2CC2)c2ncccc2c1)c1cc2c(c(-c3ccc(F)c(Cl)c3)n1)OC[C@]2(C)C(N)=O. The largest absolute Gasteiger partial charge is 0.489 e. The number of ether oxygens (including phenoxy) is 2. The number of ketones is 1. The van der Waals surface area contributed by atoms with Gasteiger partial charge in [0.15, 0.2) is 5.78 Å². The van der Waals surface area contributed by atoms with Gasteiger partial charge in [-0.3, -0.25) is 14.6 Å². The molecule has 1 aliphatic heterocycles. The van der Waals surface area contributed by atoms with Gasteiger partial charge in [0.2, 0.25) is 5.91 Å². The van der Waals surface area contributed by atoms with E-state index in [1.807, 2.05) is 6.07 Å². The molecule has 216 valence electrons. The third-order valence-corrected chi connectivity index (χ3v) is 8.30. The zero-order valence-electron chi connectivity index (χ0n) is 23.1. The number of fused-ring (bicyclic) bond motifs is 2. The zero-order valence-corrected chi connectivity index (χ0v) is 23.9. The number of aliphatic hydroxyl groups is 1. The van der Waals surface area contributed by atoms with Crippen molar-refractivity contribution >= 4 is 34.2 Å². The van der Waals surface area contributed by atoms with Crippen LogP contribution in [0.5, 0.6) is 11.5 Å². The molecule has 3 N–H and O–H groups in total. The molecule has 2 aromatic heterocycles. The van der Waals surface area contributed by atoms with Crippen LogP contribution in [0.2, 0.25) is 5.02 Å². The highest BCUT2D eigenvalue weighted by atomic mass is 35.5. The molecule has 42 heavy (non-hydrogen) atoms. The number of primary amides is 1. The summed E-state index contributed by atoms with van der Waals surface area (Å²) in [5, 5.41) is 12.3. The summed E-state index contributed by atoms with van der Waals surface area (Å²) < 4.78 is 25.9. The van der Waals surface area contributed by atoms with Gasteiger partial charge in [-0.05, 0) is 75.6 Å². The van der Waals surface area contributed by atoms with Gasteiger partial charge < -0.3 is 20.3 Å². The van der Waals surface area contributed by atoms with Crippen molar-refractivity contribution in [1.82, 2.24) is 9.97 Å². The molecule has 1 saturated carbocycles. The van der Waals surface area contributed by atoms with Crippen LogP contribution < -0.4 is 15.2 Å². The first-order valence-corrected chi connectivity index (χ1v) is 14.1. The quantitative estimate of drug-likeness (QED) is 0.242. The summed E-state index contributed by atoms with van der Waals surface area (Å²) in [7, 11) is 0. The van der Waals surface area contributed by atoms with Crippen molar-refractivity contribution < 1.29 is 28.6 Å². The van der Waals surface area contributed by atoms with Crippen molar-refractivity contribution in [1.29, 1.82) is 0 Å². The summed E-state index contributed by atoms with van der Waals surface area (Å²) in [6.45, 7) is 3.19. The Balaban J connectivity index is 1.33. The van der Waals surface area contributed by atoms with Crippen molar-refractivity contribution in [3.8, 4) is 22.8 Å². The Hall–Kier alpha value is -4.08. The van der Waals surface area contributed by atoms with E-state index in [0.29, 0.717) is 33.7 Å². The molecular formula is C32H29ClFN3O5. The lowest BCUT2D eigenvalue weighted by Gasteiger charge is -2.26. The summed E-state index contributed by atoms with van der Waals surface area (Å²) in [5.74, 6) is -0.510. The number of carbonyl (C=O) groups is 2. The van der Waals surface area contributed by atoms with Gasteiger partial charge in [0, 0.05) is 34.7 Å². The number of hydrogen-bond donors (Lipinski definition) is 2. The second-order valence-corrected chi connectivity index (χ2v) is 11.8.